The van der Waals surface area contributed by atoms with Gasteiger partial charge in [-0.15, -0.1) is 0 Å². The zero-order chi connectivity index (χ0) is 16.8. The highest BCUT2D eigenvalue weighted by Gasteiger charge is 2.31. The van der Waals surface area contributed by atoms with Crippen LogP contribution in [0, 0.1) is 0 Å². The minimum atomic E-state index is -0.0702. The molecule has 2 aliphatic rings. The van der Waals surface area contributed by atoms with Crippen molar-refractivity contribution in [2.75, 3.05) is 7.05 Å². The number of hydrogen-bond donors (Lipinski definition) is 1. The van der Waals surface area contributed by atoms with Crippen molar-refractivity contribution in [1.29, 1.82) is 0 Å². The minimum Gasteiger partial charge on any atom is -0.369 e. The van der Waals surface area contributed by atoms with Crippen molar-refractivity contribution in [2.45, 2.75) is 57.9 Å². The lowest BCUT2D eigenvalue weighted by molar-refractivity contribution is -0.00701. The summed E-state index contributed by atoms with van der Waals surface area (Å²) >= 11 is 0. The Bertz CT molecular complexity index is 761. The Labute approximate surface area is 141 Å². The van der Waals surface area contributed by atoms with Crippen LogP contribution in [0.3, 0.4) is 0 Å². The topological polar surface area (TPSA) is 76.0 Å². The van der Waals surface area contributed by atoms with Gasteiger partial charge in [-0.05, 0) is 26.7 Å². The minimum absolute atomic E-state index is 0.0585. The number of nitrogens with zero attached hydrogens (tertiary/aromatic N) is 4. The molecule has 0 aromatic carbocycles. The van der Waals surface area contributed by atoms with E-state index in [1.807, 2.05) is 33.3 Å². The molecule has 128 valence electrons. The van der Waals surface area contributed by atoms with E-state index in [1.165, 1.54) is 12.8 Å². The molecule has 1 fully saturated rings. The molecule has 2 atom stereocenters. The molecule has 0 bridgehead atoms. The molecule has 2 aromatic heterocycles. The Morgan fingerprint density at radius 2 is 2.25 bits per heavy atom. The number of nitrogens with one attached hydrogen (secondary N) is 1. The Hall–Kier alpha value is -2.15. The standard InChI is InChI=1S/C17H23N5O2/c1-10-8-13-15(11(2)24-10)19-20-16(13)17(23)21(3)9-14-18-6-7-22(14)12-4-5-12/h6-7,10-12H,4-5,8-9H2,1-3H3,(H,19,20)/t10-,11+/m1/s1. The number of amides is 1. The molecule has 1 N–H and O–H groups in total. The zero-order valence-electron chi connectivity index (χ0n) is 14.3. The summed E-state index contributed by atoms with van der Waals surface area (Å²) in [7, 11) is 1.81. The van der Waals surface area contributed by atoms with Gasteiger partial charge in [-0.3, -0.25) is 9.89 Å². The SMILES string of the molecule is C[C@@H]1Cc2c(C(=O)N(C)Cc3nccn3C3CC3)n[nH]c2[C@H](C)O1. The van der Waals surface area contributed by atoms with Gasteiger partial charge in [-0.25, -0.2) is 4.98 Å². The van der Waals surface area contributed by atoms with Crippen LogP contribution in [-0.4, -0.2) is 43.7 Å². The smallest absolute Gasteiger partial charge is 0.274 e. The summed E-state index contributed by atoms with van der Waals surface area (Å²) in [5.74, 6) is 0.863. The van der Waals surface area contributed by atoms with Crippen molar-refractivity contribution in [2.24, 2.45) is 0 Å². The molecular formula is C17H23N5O2. The van der Waals surface area contributed by atoms with Crippen LogP contribution in [0.2, 0.25) is 0 Å². The number of carbonyl (C=O) groups is 1. The van der Waals surface area contributed by atoms with E-state index in [9.17, 15) is 4.79 Å². The lowest BCUT2D eigenvalue weighted by Gasteiger charge is -2.25. The van der Waals surface area contributed by atoms with E-state index < -0.39 is 0 Å². The molecule has 0 spiro atoms. The Morgan fingerprint density at radius 3 is 3.00 bits per heavy atom. The molecule has 1 aliphatic carbocycles. The first-order chi connectivity index (χ1) is 11.5. The average molecular weight is 329 g/mol. The van der Waals surface area contributed by atoms with Crippen LogP contribution >= 0.6 is 0 Å². The second-order valence-electron chi connectivity index (χ2n) is 6.90. The molecule has 2 aromatic rings. The van der Waals surface area contributed by atoms with Crippen LogP contribution in [0.1, 0.15) is 66.4 Å². The number of carbonyl (C=O) groups excluding carboxylic acids is 1. The fraction of sp³-hybridized carbons (Fsp3) is 0.588. The van der Waals surface area contributed by atoms with Gasteiger partial charge in [0.2, 0.25) is 0 Å². The van der Waals surface area contributed by atoms with Crippen molar-refractivity contribution in [3.8, 4) is 0 Å². The maximum atomic E-state index is 12.9. The Balaban J connectivity index is 1.54. The summed E-state index contributed by atoms with van der Waals surface area (Å²) in [5, 5.41) is 7.27. The second kappa shape index (κ2) is 5.73. The molecule has 3 heterocycles. The molecule has 0 unspecified atom stereocenters. The summed E-state index contributed by atoms with van der Waals surface area (Å²) in [5.41, 5.74) is 2.42. The predicted octanol–water partition coefficient (Wildman–Crippen LogP) is 2.24. The number of H-pyrrole nitrogens is 1. The van der Waals surface area contributed by atoms with E-state index in [0.717, 1.165) is 17.1 Å². The number of ether oxygens (including phenoxy) is 1. The van der Waals surface area contributed by atoms with Gasteiger partial charge < -0.3 is 14.2 Å². The third kappa shape index (κ3) is 2.62. The van der Waals surface area contributed by atoms with Crippen LogP contribution in [0.4, 0.5) is 0 Å². The quantitative estimate of drug-likeness (QED) is 0.933. The first kappa shape index (κ1) is 15.4. The first-order valence-electron chi connectivity index (χ1n) is 8.54. The Morgan fingerprint density at radius 1 is 1.46 bits per heavy atom. The van der Waals surface area contributed by atoms with Crippen molar-refractivity contribution in [3.63, 3.8) is 0 Å². The summed E-state index contributed by atoms with van der Waals surface area (Å²) in [6.07, 6.45) is 6.95. The van der Waals surface area contributed by atoms with Gasteiger partial charge in [0, 0.05) is 37.5 Å². The number of fused-ring (bicyclic) bond motifs is 1. The molecule has 1 amide bonds. The summed E-state index contributed by atoms with van der Waals surface area (Å²) in [4.78, 5) is 19.0. The number of aromatic amines is 1. The van der Waals surface area contributed by atoms with Crippen LogP contribution < -0.4 is 0 Å². The van der Waals surface area contributed by atoms with Crippen molar-refractivity contribution in [1.82, 2.24) is 24.6 Å². The lowest BCUT2D eigenvalue weighted by atomic mass is 9.99. The maximum absolute atomic E-state index is 12.9. The zero-order valence-corrected chi connectivity index (χ0v) is 14.3. The molecule has 0 radical (unpaired) electrons. The van der Waals surface area contributed by atoms with Crippen molar-refractivity contribution >= 4 is 5.91 Å². The molecule has 4 rings (SSSR count). The number of rotatable bonds is 4. The molecule has 0 saturated heterocycles. The largest absolute Gasteiger partial charge is 0.369 e. The van der Waals surface area contributed by atoms with Gasteiger partial charge in [0.1, 0.15) is 5.82 Å². The fourth-order valence-corrected chi connectivity index (χ4v) is 3.47. The van der Waals surface area contributed by atoms with Crippen LogP contribution in [0.25, 0.3) is 0 Å². The number of hydrogen-bond acceptors (Lipinski definition) is 4. The third-order valence-electron chi connectivity index (χ3n) is 4.85. The van der Waals surface area contributed by atoms with Crippen LogP contribution in [0.5, 0.6) is 0 Å². The molecule has 1 aliphatic heterocycles. The van der Waals surface area contributed by atoms with Gasteiger partial charge >= 0.3 is 0 Å². The number of aromatic nitrogens is 4. The lowest BCUT2D eigenvalue weighted by Crippen LogP contribution is -2.30. The summed E-state index contributed by atoms with van der Waals surface area (Å²) < 4.78 is 7.97. The van der Waals surface area contributed by atoms with E-state index in [1.54, 1.807) is 4.90 Å². The molecule has 24 heavy (non-hydrogen) atoms. The predicted molar refractivity (Wildman–Crippen MR) is 87.5 cm³/mol. The van der Waals surface area contributed by atoms with Gasteiger partial charge in [0.05, 0.1) is 24.4 Å². The first-order valence-corrected chi connectivity index (χ1v) is 8.54. The van der Waals surface area contributed by atoms with Crippen LogP contribution in [-0.2, 0) is 17.7 Å². The molecule has 1 saturated carbocycles. The van der Waals surface area contributed by atoms with E-state index in [2.05, 4.69) is 19.7 Å². The Kier molecular flexibility index (Phi) is 3.68. The van der Waals surface area contributed by atoms with Gasteiger partial charge in [0.25, 0.3) is 5.91 Å². The van der Waals surface area contributed by atoms with Crippen molar-refractivity contribution < 1.29 is 9.53 Å². The maximum Gasteiger partial charge on any atom is 0.274 e. The monoisotopic (exact) mass is 329 g/mol. The van der Waals surface area contributed by atoms with E-state index in [-0.39, 0.29) is 18.1 Å². The summed E-state index contributed by atoms with van der Waals surface area (Å²) in [6, 6.07) is 0.558. The molecular weight excluding hydrogens is 306 g/mol. The second-order valence-corrected chi connectivity index (χ2v) is 6.90. The van der Waals surface area contributed by atoms with Gasteiger partial charge in [0.15, 0.2) is 5.69 Å². The highest BCUT2D eigenvalue weighted by Crippen LogP contribution is 2.36. The highest BCUT2D eigenvalue weighted by molar-refractivity contribution is 5.93. The third-order valence-corrected chi connectivity index (χ3v) is 4.85. The molecule has 7 nitrogen and oxygen atoms in total. The van der Waals surface area contributed by atoms with E-state index in [0.29, 0.717) is 24.7 Å². The highest BCUT2D eigenvalue weighted by atomic mass is 16.5. The van der Waals surface area contributed by atoms with E-state index in [4.69, 9.17) is 4.74 Å². The van der Waals surface area contributed by atoms with Crippen LogP contribution in [0.15, 0.2) is 12.4 Å². The van der Waals surface area contributed by atoms with E-state index >= 15 is 0 Å². The normalized spacial score (nSPS) is 23.1. The average Bonchev–Trinajstić information content (AvgIpc) is 3.13. The van der Waals surface area contributed by atoms with Gasteiger partial charge in [-0.2, -0.15) is 5.10 Å². The van der Waals surface area contributed by atoms with Crippen molar-refractivity contribution in [3.05, 3.63) is 35.2 Å². The molecule has 7 heteroatoms. The number of imidazole rings is 1. The fourth-order valence-electron chi connectivity index (χ4n) is 3.47. The summed E-state index contributed by atoms with van der Waals surface area (Å²) in [6.45, 7) is 4.50. The van der Waals surface area contributed by atoms with Gasteiger partial charge in [-0.1, -0.05) is 0 Å².